The van der Waals surface area contributed by atoms with E-state index in [1.165, 1.54) is 0 Å². The Bertz CT molecular complexity index is 821. The summed E-state index contributed by atoms with van der Waals surface area (Å²) < 4.78 is 5.42. The Morgan fingerprint density at radius 1 is 1.05 bits per heavy atom. The van der Waals surface area contributed by atoms with Crippen LogP contribution in [0.2, 0.25) is 0 Å². The molecule has 0 aliphatic carbocycles. The third-order valence-corrected chi connectivity index (χ3v) is 3.22. The molecule has 0 unspecified atom stereocenters. The standard InChI is InChI=1S/C15H13N3O2/c16-11-4-2-1-3-9(11)8-5-6-10-12(7-8)20-14(13(10)17)15(18)19/h1-7H,16-17H2,(H2,18,19). The van der Waals surface area contributed by atoms with Gasteiger partial charge in [-0.15, -0.1) is 0 Å². The number of carbonyl (C=O) groups is 1. The van der Waals surface area contributed by atoms with E-state index in [2.05, 4.69) is 0 Å². The van der Waals surface area contributed by atoms with Crippen LogP contribution >= 0.6 is 0 Å². The van der Waals surface area contributed by atoms with Gasteiger partial charge in [-0.2, -0.15) is 0 Å². The monoisotopic (exact) mass is 267 g/mol. The molecule has 5 nitrogen and oxygen atoms in total. The molecule has 0 saturated heterocycles. The van der Waals surface area contributed by atoms with Crippen LogP contribution in [0.25, 0.3) is 22.1 Å². The van der Waals surface area contributed by atoms with E-state index in [0.717, 1.165) is 11.1 Å². The van der Waals surface area contributed by atoms with Crippen molar-refractivity contribution in [1.82, 2.24) is 0 Å². The number of hydrogen-bond acceptors (Lipinski definition) is 4. The van der Waals surface area contributed by atoms with E-state index in [0.29, 0.717) is 16.7 Å². The summed E-state index contributed by atoms with van der Waals surface area (Å²) in [4.78, 5) is 11.2. The van der Waals surface area contributed by atoms with Gasteiger partial charge in [-0.1, -0.05) is 24.3 Å². The molecule has 2 aromatic carbocycles. The van der Waals surface area contributed by atoms with Gasteiger partial charge in [0, 0.05) is 16.6 Å². The molecule has 0 aliphatic rings. The van der Waals surface area contributed by atoms with Gasteiger partial charge >= 0.3 is 0 Å². The fraction of sp³-hybridized carbons (Fsp3) is 0. The average Bonchev–Trinajstić information content (AvgIpc) is 2.76. The van der Waals surface area contributed by atoms with E-state index in [1.807, 2.05) is 30.3 Å². The second-order valence-electron chi connectivity index (χ2n) is 4.51. The molecule has 3 aromatic rings. The van der Waals surface area contributed by atoms with Crippen LogP contribution in [0.4, 0.5) is 11.4 Å². The van der Waals surface area contributed by atoms with Gasteiger partial charge in [0.05, 0.1) is 5.69 Å². The molecule has 0 bridgehead atoms. The van der Waals surface area contributed by atoms with Gasteiger partial charge < -0.3 is 21.6 Å². The Kier molecular flexibility index (Phi) is 2.61. The number of carbonyl (C=O) groups excluding carboxylic acids is 1. The highest BCUT2D eigenvalue weighted by molar-refractivity contribution is 6.05. The fourth-order valence-corrected chi connectivity index (χ4v) is 2.23. The first-order chi connectivity index (χ1) is 9.58. The third kappa shape index (κ3) is 1.76. The molecule has 1 heterocycles. The summed E-state index contributed by atoms with van der Waals surface area (Å²) >= 11 is 0. The summed E-state index contributed by atoms with van der Waals surface area (Å²) in [5.41, 5.74) is 20.2. The van der Waals surface area contributed by atoms with E-state index >= 15 is 0 Å². The van der Waals surface area contributed by atoms with E-state index in [-0.39, 0.29) is 11.4 Å². The molecule has 5 heteroatoms. The summed E-state index contributed by atoms with van der Waals surface area (Å²) in [6, 6.07) is 13.0. The zero-order valence-electron chi connectivity index (χ0n) is 10.6. The summed E-state index contributed by atoms with van der Waals surface area (Å²) in [5.74, 6) is -0.697. The van der Waals surface area contributed by atoms with Gasteiger partial charge in [-0.05, 0) is 23.8 Å². The lowest BCUT2D eigenvalue weighted by Crippen LogP contribution is -2.11. The first-order valence-electron chi connectivity index (χ1n) is 6.04. The van der Waals surface area contributed by atoms with Gasteiger partial charge in [0.1, 0.15) is 5.58 Å². The Morgan fingerprint density at radius 3 is 2.50 bits per heavy atom. The van der Waals surface area contributed by atoms with Crippen molar-refractivity contribution in [1.29, 1.82) is 0 Å². The minimum absolute atomic E-state index is 0.0156. The second kappa shape index (κ2) is 4.31. The van der Waals surface area contributed by atoms with Gasteiger partial charge in [-0.3, -0.25) is 4.79 Å². The maximum atomic E-state index is 11.2. The summed E-state index contributed by atoms with van der Waals surface area (Å²) in [5, 5.41) is 0.664. The lowest BCUT2D eigenvalue weighted by molar-refractivity contribution is 0.0977. The number of benzene rings is 2. The van der Waals surface area contributed by atoms with Crippen LogP contribution in [-0.4, -0.2) is 5.91 Å². The quantitative estimate of drug-likeness (QED) is 0.619. The van der Waals surface area contributed by atoms with Crippen molar-refractivity contribution in [3.8, 4) is 11.1 Å². The van der Waals surface area contributed by atoms with Crippen LogP contribution in [0, 0.1) is 0 Å². The third-order valence-electron chi connectivity index (χ3n) is 3.22. The van der Waals surface area contributed by atoms with Gasteiger partial charge in [0.15, 0.2) is 0 Å². The predicted octanol–water partition coefficient (Wildman–Crippen LogP) is 2.36. The van der Waals surface area contributed by atoms with Crippen molar-refractivity contribution in [2.45, 2.75) is 0 Å². The molecule has 0 radical (unpaired) electrons. The zero-order valence-corrected chi connectivity index (χ0v) is 10.6. The molecule has 0 saturated carbocycles. The van der Waals surface area contributed by atoms with Crippen molar-refractivity contribution in [3.63, 3.8) is 0 Å². The summed E-state index contributed by atoms with van der Waals surface area (Å²) in [7, 11) is 0. The van der Waals surface area contributed by atoms with Crippen LogP contribution in [-0.2, 0) is 0 Å². The van der Waals surface area contributed by atoms with Crippen molar-refractivity contribution >= 4 is 28.3 Å². The van der Waals surface area contributed by atoms with Crippen LogP contribution in [0.5, 0.6) is 0 Å². The molecule has 0 aliphatic heterocycles. The molecule has 0 atom stereocenters. The Hall–Kier alpha value is -2.95. The Labute approximate surface area is 115 Å². The molecule has 6 N–H and O–H groups in total. The maximum absolute atomic E-state index is 11.2. The van der Waals surface area contributed by atoms with E-state index < -0.39 is 5.91 Å². The lowest BCUT2D eigenvalue weighted by atomic mass is 10.0. The summed E-state index contributed by atoms with van der Waals surface area (Å²) in [6.07, 6.45) is 0. The van der Waals surface area contributed by atoms with E-state index in [9.17, 15) is 4.79 Å². The van der Waals surface area contributed by atoms with Crippen LogP contribution in [0.3, 0.4) is 0 Å². The number of rotatable bonds is 2. The highest BCUT2D eigenvalue weighted by Crippen LogP contribution is 2.33. The number of nitrogens with two attached hydrogens (primary N) is 3. The number of anilines is 2. The molecule has 0 fully saturated rings. The Morgan fingerprint density at radius 2 is 1.80 bits per heavy atom. The number of hydrogen-bond donors (Lipinski definition) is 3. The molecule has 100 valence electrons. The summed E-state index contributed by atoms with van der Waals surface area (Å²) in [6.45, 7) is 0. The van der Waals surface area contributed by atoms with Crippen molar-refractivity contribution < 1.29 is 9.21 Å². The number of para-hydroxylation sites is 1. The first-order valence-corrected chi connectivity index (χ1v) is 6.04. The second-order valence-corrected chi connectivity index (χ2v) is 4.51. The zero-order chi connectivity index (χ0) is 14.3. The number of amides is 1. The molecule has 1 aromatic heterocycles. The highest BCUT2D eigenvalue weighted by Gasteiger charge is 2.16. The number of fused-ring (bicyclic) bond motifs is 1. The van der Waals surface area contributed by atoms with Crippen molar-refractivity contribution in [2.24, 2.45) is 5.73 Å². The average molecular weight is 267 g/mol. The van der Waals surface area contributed by atoms with Crippen LogP contribution < -0.4 is 17.2 Å². The minimum Gasteiger partial charge on any atom is -0.449 e. The lowest BCUT2D eigenvalue weighted by Gasteiger charge is -2.05. The first kappa shape index (κ1) is 12.1. The van der Waals surface area contributed by atoms with Gasteiger partial charge in [0.2, 0.25) is 5.76 Å². The molecule has 0 spiro atoms. The molecular weight excluding hydrogens is 254 g/mol. The smallest absolute Gasteiger partial charge is 0.286 e. The largest absolute Gasteiger partial charge is 0.449 e. The van der Waals surface area contributed by atoms with Gasteiger partial charge in [0.25, 0.3) is 5.91 Å². The molecule has 20 heavy (non-hydrogen) atoms. The molecular formula is C15H13N3O2. The topological polar surface area (TPSA) is 108 Å². The van der Waals surface area contributed by atoms with Crippen molar-refractivity contribution in [3.05, 3.63) is 48.2 Å². The number of furan rings is 1. The molecule has 1 amide bonds. The molecule has 3 rings (SSSR count). The number of primary amides is 1. The minimum atomic E-state index is -0.681. The normalized spacial score (nSPS) is 10.8. The van der Waals surface area contributed by atoms with Crippen LogP contribution in [0.15, 0.2) is 46.9 Å². The Balaban J connectivity index is 2.21. The van der Waals surface area contributed by atoms with E-state index in [1.54, 1.807) is 12.1 Å². The predicted molar refractivity (Wildman–Crippen MR) is 79.0 cm³/mol. The fourth-order valence-electron chi connectivity index (χ4n) is 2.23. The van der Waals surface area contributed by atoms with E-state index in [4.69, 9.17) is 21.6 Å². The number of nitrogen functional groups attached to an aromatic ring is 2. The van der Waals surface area contributed by atoms with Crippen LogP contribution in [0.1, 0.15) is 10.6 Å². The van der Waals surface area contributed by atoms with Gasteiger partial charge in [-0.25, -0.2) is 0 Å². The SMILES string of the molecule is NC(=O)c1oc2cc(-c3ccccc3N)ccc2c1N. The van der Waals surface area contributed by atoms with Crippen molar-refractivity contribution in [2.75, 3.05) is 11.5 Å². The highest BCUT2D eigenvalue weighted by atomic mass is 16.3. The maximum Gasteiger partial charge on any atom is 0.286 e.